The van der Waals surface area contributed by atoms with Gasteiger partial charge in [0.15, 0.2) is 12.4 Å². The molecule has 0 atom stereocenters. The Labute approximate surface area is 350 Å². The Morgan fingerprint density at radius 1 is 0.679 bits per heavy atom. The summed E-state index contributed by atoms with van der Waals surface area (Å²) < 4.78 is 3.28. The standard InChI is InChI=1S/C48H74N6S2/c1-9-43(29-32-49-10-2)25-27-45-21-12-14-23-47(45)51(5)35-18-34-50(4)33-16-17-41-55-56-42-20-40-54(7,8)39-19-36-52(6)48-24-15-13-22-46(48)28-26-44-30-37-53(11-3)38-31-44/h9,12-15,21-32,37-38,49H,10-11,16-20,33-36,39-42H2,1-8H3/q+2/b27-25+,32-29-,43-9-. The van der Waals surface area contributed by atoms with E-state index in [1.807, 2.05) is 6.20 Å². The normalized spacial score (nSPS) is 12.5. The van der Waals surface area contributed by atoms with Crippen LogP contribution in [0, 0.1) is 0 Å². The number of benzene rings is 2. The fourth-order valence-corrected chi connectivity index (χ4v) is 8.85. The van der Waals surface area contributed by atoms with Crippen LogP contribution in [0.4, 0.5) is 11.4 Å². The average molecular weight is 799 g/mol. The van der Waals surface area contributed by atoms with E-state index in [1.54, 1.807) is 0 Å². The number of hydrogen-bond donors (Lipinski definition) is 1. The Hall–Kier alpha value is -3.43. The highest BCUT2D eigenvalue weighted by Crippen LogP contribution is 2.25. The quantitative estimate of drug-likeness (QED) is 0.0258. The van der Waals surface area contributed by atoms with E-state index in [1.165, 1.54) is 90.5 Å². The van der Waals surface area contributed by atoms with Crippen molar-refractivity contribution in [2.75, 3.05) is 102 Å². The van der Waals surface area contributed by atoms with Gasteiger partial charge in [0.25, 0.3) is 0 Å². The monoisotopic (exact) mass is 799 g/mol. The molecule has 1 heterocycles. The summed E-state index contributed by atoms with van der Waals surface area (Å²) >= 11 is 0. The smallest absolute Gasteiger partial charge is 0.169 e. The van der Waals surface area contributed by atoms with Crippen LogP contribution in [0.25, 0.3) is 18.2 Å². The maximum Gasteiger partial charge on any atom is 0.169 e. The zero-order chi connectivity index (χ0) is 40.4. The zero-order valence-corrected chi connectivity index (χ0v) is 37.8. The molecule has 0 fully saturated rings. The summed E-state index contributed by atoms with van der Waals surface area (Å²) in [7, 11) is 15.7. The van der Waals surface area contributed by atoms with Crippen LogP contribution in [0.2, 0.25) is 0 Å². The van der Waals surface area contributed by atoms with Crippen LogP contribution in [0.1, 0.15) is 69.6 Å². The van der Waals surface area contributed by atoms with Gasteiger partial charge in [-0.15, -0.1) is 0 Å². The molecule has 0 aliphatic heterocycles. The summed E-state index contributed by atoms with van der Waals surface area (Å²) in [5.74, 6) is 2.49. The van der Waals surface area contributed by atoms with Crippen LogP contribution in [0.15, 0.2) is 103 Å². The van der Waals surface area contributed by atoms with Gasteiger partial charge in [0.05, 0.1) is 27.2 Å². The molecule has 0 bridgehead atoms. The van der Waals surface area contributed by atoms with Crippen molar-refractivity contribution >= 4 is 51.2 Å². The van der Waals surface area contributed by atoms with E-state index in [2.05, 4.69) is 212 Å². The average Bonchev–Trinajstić information content (AvgIpc) is 3.21. The topological polar surface area (TPSA) is 25.6 Å². The van der Waals surface area contributed by atoms with Gasteiger partial charge in [-0.1, -0.05) is 88.4 Å². The number of pyridine rings is 1. The highest BCUT2D eigenvalue weighted by Gasteiger charge is 2.15. The largest absolute Gasteiger partial charge is 0.391 e. The predicted molar refractivity (Wildman–Crippen MR) is 254 cm³/mol. The van der Waals surface area contributed by atoms with Gasteiger partial charge in [-0.2, -0.15) is 0 Å². The fraction of sp³-hybridized carbons (Fsp3) is 0.479. The molecule has 0 radical (unpaired) electrons. The molecule has 1 N–H and O–H groups in total. The van der Waals surface area contributed by atoms with Crippen molar-refractivity contribution in [2.24, 2.45) is 0 Å². The molecule has 56 heavy (non-hydrogen) atoms. The second-order valence-corrected chi connectivity index (χ2v) is 18.1. The van der Waals surface area contributed by atoms with Crippen LogP contribution in [-0.4, -0.2) is 102 Å². The highest BCUT2D eigenvalue weighted by atomic mass is 33.1. The number of para-hydroxylation sites is 2. The molecule has 0 spiro atoms. The number of allylic oxidation sites excluding steroid dienone is 4. The molecule has 2 aromatic carbocycles. The lowest BCUT2D eigenvalue weighted by molar-refractivity contribution is -0.890. The molecule has 3 aromatic rings. The Morgan fingerprint density at radius 2 is 1.27 bits per heavy atom. The van der Waals surface area contributed by atoms with Crippen molar-refractivity contribution in [1.82, 2.24) is 10.2 Å². The van der Waals surface area contributed by atoms with E-state index >= 15 is 0 Å². The van der Waals surface area contributed by atoms with Gasteiger partial charge in [-0.3, -0.25) is 0 Å². The first kappa shape index (κ1) is 46.9. The molecule has 306 valence electrons. The predicted octanol–water partition coefficient (Wildman–Crippen LogP) is 10.2. The summed E-state index contributed by atoms with van der Waals surface area (Å²) in [4.78, 5) is 7.33. The van der Waals surface area contributed by atoms with Crippen LogP contribution < -0.4 is 19.7 Å². The second kappa shape index (κ2) is 27.2. The van der Waals surface area contributed by atoms with Gasteiger partial charge >= 0.3 is 0 Å². The first-order valence-electron chi connectivity index (χ1n) is 20.9. The number of anilines is 2. The van der Waals surface area contributed by atoms with Crippen molar-refractivity contribution in [3.63, 3.8) is 0 Å². The Kier molecular flexibility index (Phi) is 22.8. The van der Waals surface area contributed by atoms with E-state index in [-0.39, 0.29) is 0 Å². The Bertz CT molecular complexity index is 1630. The SMILES string of the molecule is C/C=C(\C=C/NCC)/C=C/c1ccccc1N(C)CCCN(C)CCCCSSCCC[N+](C)(C)CCCN(C)c1ccccc1/C=C/c1cc[n+](CC)cc1. The minimum Gasteiger partial charge on any atom is -0.391 e. The van der Waals surface area contributed by atoms with Crippen LogP contribution in [0.3, 0.4) is 0 Å². The summed E-state index contributed by atoms with van der Waals surface area (Å²) in [6.07, 6.45) is 25.7. The molecule has 8 heteroatoms. The summed E-state index contributed by atoms with van der Waals surface area (Å²) in [6.45, 7) is 15.1. The zero-order valence-electron chi connectivity index (χ0n) is 36.1. The first-order chi connectivity index (χ1) is 27.2. The van der Waals surface area contributed by atoms with Crippen molar-refractivity contribution < 1.29 is 9.05 Å². The number of quaternary nitrogens is 1. The van der Waals surface area contributed by atoms with Gasteiger partial charge in [0, 0.05) is 81.6 Å². The maximum absolute atomic E-state index is 3.25. The lowest BCUT2D eigenvalue weighted by Crippen LogP contribution is -2.42. The molecule has 0 amide bonds. The van der Waals surface area contributed by atoms with E-state index in [4.69, 9.17) is 0 Å². The summed E-state index contributed by atoms with van der Waals surface area (Å²) in [5.41, 5.74) is 7.54. The lowest BCUT2D eigenvalue weighted by Gasteiger charge is -2.31. The van der Waals surface area contributed by atoms with Crippen molar-refractivity contribution in [2.45, 2.75) is 59.4 Å². The summed E-state index contributed by atoms with van der Waals surface area (Å²) in [5, 5.41) is 3.25. The van der Waals surface area contributed by atoms with E-state index in [0.29, 0.717) is 0 Å². The molecular formula is C48H74N6S2+2. The van der Waals surface area contributed by atoms with Crippen LogP contribution >= 0.6 is 21.6 Å². The Morgan fingerprint density at radius 3 is 1.91 bits per heavy atom. The number of rotatable bonds is 28. The number of unbranched alkanes of at least 4 members (excludes halogenated alkanes) is 1. The third-order valence-corrected chi connectivity index (χ3v) is 12.8. The van der Waals surface area contributed by atoms with Crippen molar-refractivity contribution in [3.05, 3.63) is 120 Å². The molecule has 6 nitrogen and oxygen atoms in total. The number of nitrogens with one attached hydrogen (secondary N) is 1. The molecule has 1 aromatic heterocycles. The third-order valence-electron chi connectivity index (χ3n) is 10.2. The van der Waals surface area contributed by atoms with E-state index in [0.717, 1.165) is 43.6 Å². The van der Waals surface area contributed by atoms with E-state index in [9.17, 15) is 0 Å². The second-order valence-electron chi connectivity index (χ2n) is 15.4. The Balaban J connectivity index is 1.24. The van der Waals surface area contributed by atoms with Crippen LogP contribution in [-0.2, 0) is 6.54 Å². The number of aryl methyl sites for hydroxylation is 1. The molecule has 0 unspecified atom stereocenters. The molecule has 0 aliphatic rings. The molecule has 0 saturated heterocycles. The van der Waals surface area contributed by atoms with E-state index < -0.39 is 0 Å². The molecular weight excluding hydrogens is 725 g/mol. The maximum atomic E-state index is 3.25. The molecule has 0 saturated carbocycles. The van der Waals surface area contributed by atoms with Gasteiger partial charge in [0.1, 0.15) is 6.54 Å². The van der Waals surface area contributed by atoms with Gasteiger partial charge in [-0.05, 0) is 107 Å². The van der Waals surface area contributed by atoms with Gasteiger partial charge in [-0.25, -0.2) is 4.57 Å². The molecule has 0 aliphatic carbocycles. The van der Waals surface area contributed by atoms with Gasteiger partial charge in [0.2, 0.25) is 0 Å². The van der Waals surface area contributed by atoms with Crippen molar-refractivity contribution in [1.29, 1.82) is 0 Å². The van der Waals surface area contributed by atoms with Crippen molar-refractivity contribution in [3.8, 4) is 0 Å². The number of hydrogen-bond acceptors (Lipinski definition) is 6. The van der Waals surface area contributed by atoms with Gasteiger partial charge < -0.3 is 24.5 Å². The lowest BCUT2D eigenvalue weighted by atomic mass is 10.1. The number of aromatic nitrogens is 1. The highest BCUT2D eigenvalue weighted by molar-refractivity contribution is 8.76. The minimum atomic E-state index is 0.934. The summed E-state index contributed by atoms with van der Waals surface area (Å²) in [6, 6.07) is 21.8. The minimum absolute atomic E-state index is 0.934. The first-order valence-corrected chi connectivity index (χ1v) is 23.4. The van der Waals surface area contributed by atoms with Crippen LogP contribution in [0.5, 0.6) is 0 Å². The molecule has 3 rings (SSSR count). The number of nitrogens with zero attached hydrogens (tertiary/aromatic N) is 5. The fourth-order valence-electron chi connectivity index (χ4n) is 6.63. The third kappa shape index (κ3) is 18.7.